The Labute approximate surface area is 467 Å². The number of para-hydroxylation sites is 1. The zero-order valence-corrected chi connectivity index (χ0v) is 46.0. The molecule has 3 aliphatic carbocycles. The maximum atomic E-state index is 15.6. The highest BCUT2D eigenvalue weighted by Crippen LogP contribution is 2.65. The Morgan fingerprint density at radius 1 is 0.889 bits per heavy atom. The molecule has 1 heterocycles. The Morgan fingerprint density at radius 3 is 2.14 bits per heavy atom. The van der Waals surface area contributed by atoms with Crippen LogP contribution in [0.4, 0.5) is 10.5 Å². The lowest BCUT2D eigenvalue weighted by molar-refractivity contribution is -0.386. The van der Waals surface area contributed by atoms with E-state index in [1.54, 1.807) is 101 Å². The molecular weight excluding hydrogens is 1050 g/mol. The standard InChI is InChI=1S/C61H66N2O18/c1-8-20-46(66)76-33-42-28-18-27-39(49(42)63(73)74)29-19-30-75-57(71)79-50(48(38-21-12-9-13-22-38)62-54(68)40-23-14-10-15-24-40)56(70)78-43-32-61(72)53(80-55(69)41-25-16-11-17-26-41)51-59(7,52(67)36(3)47(35(43)2)58(61,5)6)44(65)31-45-60(51,34-77-45)81-37(4)64/h9-19,21-29,36,43-45,48,50-51,53,65,72H,8,20,30-34H2,1-7H3,(H,62,68)/b29-19+/t36-,43+,44+,45?,48+,50-,51+,53+,59-,60+,61-/m1/s1. The van der Waals surface area contributed by atoms with E-state index in [4.69, 9.17) is 33.2 Å². The van der Waals surface area contributed by atoms with Gasteiger partial charge in [-0.25, -0.2) is 14.4 Å². The van der Waals surface area contributed by atoms with Crippen molar-refractivity contribution in [3.05, 3.63) is 164 Å². The molecule has 0 spiro atoms. The summed E-state index contributed by atoms with van der Waals surface area (Å²) < 4.78 is 41.6. The summed E-state index contributed by atoms with van der Waals surface area (Å²) in [6.07, 6.45) is -6.73. The first-order chi connectivity index (χ1) is 38.5. The minimum atomic E-state index is -2.35. The minimum Gasteiger partial charge on any atom is -0.461 e. The summed E-state index contributed by atoms with van der Waals surface area (Å²) in [5.74, 6) is -7.33. The van der Waals surface area contributed by atoms with Gasteiger partial charge in [0.1, 0.15) is 49.0 Å². The number of fused-ring (bicyclic) bond motifs is 5. The van der Waals surface area contributed by atoms with Crippen molar-refractivity contribution in [2.24, 2.45) is 22.7 Å². The maximum absolute atomic E-state index is 15.6. The Hall–Kier alpha value is -8.07. The minimum absolute atomic E-state index is 0.0665. The number of carbonyl (C=O) groups is 7. The van der Waals surface area contributed by atoms with Crippen molar-refractivity contribution in [1.82, 2.24) is 5.32 Å². The molecule has 1 aliphatic heterocycles. The number of nitrogens with zero attached hydrogens (tertiary/aromatic N) is 1. The number of Topliss-reactive ketones (excluding diaryl/α,β-unsaturated/α-hetero) is 1. The predicted molar refractivity (Wildman–Crippen MR) is 288 cm³/mol. The Kier molecular flexibility index (Phi) is 17.5. The van der Waals surface area contributed by atoms with Gasteiger partial charge in [0, 0.05) is 43.1 Å². The number of rotatable bonds is 18. The number of nitro benzene ring substituents is 1. The molecule has 1 amide bonds. The lowest BCUT2D eigenvalue weighted by Gasteiger charge is -2.67. The SMILES string of the molecule is CCCC(=O)OCc1cccc(/C=C/COC(=O)O[C@@H](C(=O)O[C@H]2C[C@@]3(O)[C@@H](OC(=O)c4ccccc4)[C@H]4[C@](C)(C(=O)[C@H](C)C(=C2C)C3(C)C)[C@@H](O)CC2OC[C@]24OC(C)=O)[C@@H](NC(=O)c2ccccc2)c2ccccc2)c1[N+](=O)[O-]. The van der Waals surface area contributed by atoms with E-state index in [1.165, 1.54) is 68.5 Å². The van der Waals surface area contributed by atoms with Crippen LogP contribution in [-0.4, -0.2) is 112 Å². The van der Waals surface area contributed by atoms with Crippen LogP contribution < -0.4 is 5.32 Å². The van der Waals surface area contributed by atoms with Crippen LogP contribution in [0.15, 0.2) is 126 Å². The molecule has 1 saturated heterocycles. The number of benzene rings is 4. The lowest BCUT2D eigenvalue weighted by Crippen LogP contribution is -2.81. The van der Waals surface area contributed by atoms with Crippen molar-refractivity contribution in [1.29, 1.82) is 0 Å². The summed E-state index contributed by atoms with van der Waals surface area (Å²) >= 11 is 0. The smallest absolute Gasteiger partial charge is 0.461 e. The maximum Gasteiger partial charge on any atom is 0.509 e. The van der Waals surface area contributed by atoms with E-state index in [0.29, 0.717) is 12.0 Å². The van der Waals surface area contributed by atoms with Crippen LogP contribution in [0.5, 0.6) is 0 Å². The van der Waals surface area contributed by atoms with Gasteiger partial charge in [-0.1, -0.05) is 100 Å². The predicted octanol–water partition coefficient (Wildman–Crippen LogP) is 8.07. The van der Waals surface area contributed by atoms with Crippen LogP contribution in [0.2, 0.25) is 0 Å². The van der Waals surface area contributed by atoms with Gasteiger partial charge in [-0.2, -0.15) is 0 Å². The fourth-order valence-corrected chi connectivity index (χ4v) is 12.5. The number of ketones is 1. The van der Waals surface area contributed by atoms with Gasteiger partial charge in [0.2, 0.25) is 6.10 Å². The Morgan fingerprint density at radius 2 is 1.53 bits per heavy atom. The molecule has 8 rings (SSSR count). The average molecular weight is 1120 g/mol. The van der Waals surface area contributed by atoms with Gasteiger partial charge in [-0.3, -0.25) is 29.3 Å². The van der Waals surface area contributed by atoms with Crippen LogP contribution >= 0.6 is 0 Å². The van der Waals surface area contributed by atoms with Crippen LogP contribution in [0.3, 0.4) is 0 Å². The van der Waals surface area contributed by atoms with E-state index in [-0.39, 0.29) is 65.1 Å². The summed E-state index contributed by atoms with van der Waals surface area (Å²) in [5, 5.41) is 41.2. The number of nitrogens with one attached hydrogen (secondary N) is 1. The zero-order chi connectivity index (χ0) is 58.6. The van der Waals surface area contributed by atoms with Gasteiger partial charge in [0.15, 0.2) is 5.60 Å². The summed E-state index contributed by atoms with van der Waals surface area (Å²) in [6, 6.07) is 26.8. The highest BCUT2D eigenvalue weighted by atomic mass is 16.7. The Bertz CT molecular complexity index is 3130. The van der Waals surface area contributed by atoms with Crippen LogP contribution in [0, 0.1) is 32.8 Å². The molecule has 0 radical (unpaired) electrons. The first kappa shape index (κ1) is 59.1. The van der Waals surface area contributed by atoms with E-state index in [9.17, 15) is 44.3 Å². The van der Waals surface area contributed by atoms with E-state index < -0.39 is 130 Å². The summed E-state index contributed by atoms with van der Waals surface area (Å²) in [5.41, 5.74) is -6.51. The van der Waals surface area contributed by atoms with Crippen molar-refractivity contribution >= 4 is 53.5 Å². The Balaban J connectivity index is 1.18. The molecule has 1 unspecified atom stereocenters. The van der Waals surface area contributed by atoms with E-state index in [2.05, 4.69) is 5.32 Å². The first-order valence-corrected chi connectivity index (χ1v) is 26.8. The molecule has 428 valence electrons. The fourth-order valence-electron chi connectivity index (χ4n) is 12.5. The molecule has 3 N–H and O–H groups in total. The molecule has 81 heavy (non-hydrogen) atoms. The van der Waals surface area contributed by atoms with Crippen molar-refractivity contribution in [2.75, 3.05) is 13.2 Å². The number of amides is 1. The third kappa shape index (κ3) is 11.4. The van der Waals surface area contributed by atoms with Gasteiger partial charge in [-0.15, -0.1) is 0 Å². The van der Waals surface area contributed by atoms with Crippen LogP contribution in [-0.2, 0) is 58.9 Å². The molecule has 4 aliphatic rings. The molecule has 2 bridgehead atoms. The molecule has 11 atom stereocenters. The number of esters is 4. The molecule has 20 nitrogen and oxygen atoms in total. The number of hydrogen-bond acceptors (Lipinski definition) is 18. The quantitative estimate of drug-likeness (QED) is 0.0279. The molecule has 0 aromatic heterocycles. The molecule has 3 fully saturated rings. The molecule has 4 aromatic carbocycles. The van der Waals surface area contributed by atoms with E-state index >= 15 is 9.59 Å². The second-order valence-corrected chi connectivity index (χ2v) is 21.7. The monoisotopic (exact) mass is 1110 g/mol. The second kappa shape index (κ2) is 23.9. The van der Waals surface area contributed by atoms with Crippen LogP contribution in [0.1, 0.15) is 118 Å². The van der Waals surface area contributed by atoms with Gasteiger partial charge >= 0.3 is 30.0 Å². The van der Waals surface area contributed by atoms with Crippen molar-refractivity contribution in [3.63, 3.8) is 0 Å². The topological polar surface area (TPSA) is 280 Å². The number of aliphatic hydroxyl groups excluding tert-OH is 1. The van der Waals surface area contributed by atoms with Gasteiger partial charge in [0.25, 0.3) is 11.6 Å². The second-order valence-electron chi connectivity index (χ2n) is 21.7. The van der Waals surface area contributed by atoms with Gasteiger partial charge < -0.3 is 48.7 Å². The van der Waals surface area contributed by atoms with Crippen molar-refractivity contribution < 1.29 is 81.9 Å². The first-order valence-electron chi connectivity index (χ1n) is 26.8. The molecule has 2 saturated carbocycles. The summed E-state index contributed by atoms with van der Waals surface area (Å²) in [7, 11) is 0. The fraction of sp³-hybridized carbons (Fsp3) is 0.426. The number of aliphatic hydroxyl groups is 2. The third-order valence-corrected chi connectivity index (χ3v) is 16.5. The highest BCUT2D eigenvalue weighted by Gasteiger charge is 2.77. The van der Waals surface area contributed by atoms with Crippen molar-refractivity contribution in [2.45, 2.75) is 129 Å². The summed E-state index contributed by atoms with van der Waals surface area (Å²) in [6.45, 7) is 9.81. The molecular formula is C61H66N2O18. The normalized spacial score (nSPS) is 27.0. The van der Waals surface area contributed by atoms with E-state index in [0.717, 1.165) is 0 Å². The number of hydrogen-bond donors (Lipinski definition) is 3. The highest BCUT2D eigenvalue weighted by molar-refractivity contribution is 5.95. The van der Waals surface area contributed by atoms with Crippen molar-refractivity contribution in [3.8, 4) is 0 Å². The van der Waals surface area contributed by atoms with Gasteiger partial charge in [0.05, 0.1) is 45.7 Å². The molecule has 4 aromatic rings. The van der Waals surface area contributed by atoms with E-state index in [1.807, 2.05) is 0 Å². The van der Waals surface area contributed by atoms with Crippen LogP contribution in [0.25, 0.3) is 6.08 Å². The average Bonchev–Trinajstić information content (AvgIpc) is 2.47. The number of nitro groups is 1. The third-order valence-electron chi connectivity index (χ3n) is 16.5. The lowest BCUT2D eigenvalue weighted by atomic mass is 9.43. The number of ether oxygens (including phenoxy) is 7. The molecule has 20 heteroatoms. The summed E-state index contributed by atoms with van der Waals surface area (Å²) in [4.78, 5) is 110. The van der Waals surface area contributed by atoms with Gasteiger partial charge in [-0.05, 0) is 85.5 Å². The largest absolute Gasteiger partial charge is 0.509 e. The number of carbonyl (C=O) groups excluding carboxylic acids is 7. The zero-order valence-electron chi connectivity index (χ0n) is 46.0.